The molecule has 0 unspecified atom stereocenters. The SMILES string of the molecule is Cc1nc(I)cc(I)c1C. The van der Waals surface area contributed by atoms with Crippen LogP contribution in [0.2, 0.25) is 0 Å². The number of halogens is 2. The van der Waals surface area contributed by atoms with Gasteiger partial charge in [0.05, 0.1) is 0 Å². The summed E-state index contributed by atoms with van der Waals surface area (Å²) in [5.74, 6) is 0. The lowest BCUT2D eigenvalue weighted by atomic mass is 10.2. The first-order valence-corrected chi connectivity index (χ1v) is 5.06. The van der Waals surface area contributed by atoms with E-state index in [2.05, 4.69) is 63.2 Å². The van der Waals surface area contributed by atoms with Crippen molar-refractivity contribution >= 4 is 45.2 Å². The quantitative estimate of drug-likeness (QED) is 0.513. The van der Waals surface area contributed by atoms with Crippen LogP contribution in [-0.4, -0.2) is 4.98 Å². The number of aryl methyl sites for hydroxylation is 1. The number of hydrogen-bond acceptors (Lipinski definition) is 1. The zero-order valence-electron chi connectivity index (χ0n) is 5.78. The lowest BCUT2D eigenvalue weighted by molar-refractivity contribution is 1.11. The Morgan fingerprint density at radius 2 is 1.90 bits per heavy atom. The molecule has 0 radical (unpaired) electrons. The van der Waals surface area contributed by atoms with E-state index in [-0.39, 0.29) is 0 Å². The van der Waals surface area contributed by atoms with Gasteiger partial charge in [0.25, 0.3) is 0 Å². The molecule has 3 heteroatoms. The lowest BCUT2D eigenvalue weighted by Gasteiger charge is -2.01. The van der Waals surface area contributed by atoms with E-state index in [1.54, 1.807) is 0 Å². The molecule has 1 nitrogen and oxygen atoms in total. The third-order valence-electron chi connectivity index (χ3n) is 1.42. The van der Waals surface area contributed by atoms with Gasteiger partial charge in [-0.25, -0.2) is 4.98 Å². The Kier molecular flexibility index (Phi) is 2.91. The molecule has 0 saturated carbocycles. The molecular formula is C7H7I2N. The number of aromatic nitrogens is 1. The van der Waals surface area contributed by atoms with E-state index >= 15 is 0 Å². The van der Waals surface area contributed by atoms with E-state index in [1.807, 2.05) is 6.92 Å². The maximum atomic E-state index is 4.32. The third kappa shape index (κ3) is 1.81. The molecule has 0 bridgehead atoms. The second-order valence-corrected chi connectivity index (χ2v) is 4.40. The molecule has 0 atom stereocenters. The maximum Gasteiger partial charge on any atom is 0.102 e. The number of nitrogens with zero attached hydrogens (tertiary/aromatic N) is 1. The average molecular weight is 359 g/mol. The smallest absolute Gasteiger partial charge is 0.102 e. The van der Waals surface area contributed by atoms with Gasteiger partial charge >= 0.3 is 0 Å². The van der Waals surface area contributed by atoms with Crippen LogP contribution in [0.1, 0.15) is 11.3 Å². The molecule has 1 rings (SSSR count). The Morgan fingerprint density at radius 3 is 2.40 bits per heavy atom. The fraction of sp³-hybridized carbons (Fsp3) is 0.286. The lowest BCUT2D eigenvalue weighted by Crippen LogP contribution is -1.92. The molecule has 1 aromatic heterocycles. The van der Waals surface area contributed by atoms with E-state index < -0.39 is 0 Å². The van der Waals surface area contributed by atoms with E-state index in [0.29, 0.717) is 0 Å². The highest BCUT2D eigenvalue weighted by Crippen LogP contribution is 2.15. The van der Waals surface area contributed by atoms with Gasteiger partial charge in [0.1, 0.15) is 3.70 Å². The molecule has 1 aromatic rings. The largest absolute Gasteiger partial charge is 0.247 e. The van der Waals surface area contributed by atoms with Gasteiger partial charge in [0.15, 0.2) is 0 Å². The average Bonchev–Trinajstić information content (AvgIpc) is 1.82. The molecular weight excluding hydrogens is 352 g/mol. The van der Waals surface area contributed by atoms with Crippen LogP contribution in [0.3, 0.4) is 0 Å². The van der Waals surface area contributed by atoms with Gasteiger partial charge in [0.2, 0.25) is 0 Å². The molecule has 0 aliphatic rings. The minimum atomic E-state index is 1.07. The number of rotatable bonds is 0. The summed E-state index contributed by atoms with van der Waals surface area (Å²) < 4.78 is 2.37. The Hall–Kier alpha value is 0.610. The Bertz CT molecular complexity index is 235. The van der Waals surface area contributed by atoms with Crippen molar-refractivity contribution in [2.45, 2.75) is 13.8 Å². The summed E-state index contributed by atoms with van der Waals surface area (Å²) >= 11 is 4.56. The molecule has 0 saturated heterocycles. The van der Waals surface area contributed by atoms with Crippen molar-refractivity contribution < 1.29 is 0 Å². The summed E-state index contributed by atoms with van der Waals surface area (Å²) in [7, 11) is 0. The van der Waals surface area contributed by atoms with Crippen molar-refractivity contribution in [1.29, 1.82) is 0 Å². The predicted molar refractivity (Wildman–Crippen MR) is 59.1 cm³/mol. The van der Waals surface area contributed by atoms with Crippen molar-refractivity contribution in [2.24, 2.45) is 0 Å². The summed E-state index contributed by atoms with van der Waals surface area (Å²) in [6.45, 7) is 4.14. The molecule has 54 valence electrons. The second-order valence-electron chi connectivity index (χ2n) is 2.14. The predicted octanol–water partition coefficient (Wildman–Crippen LogP) is 2.91. The van der Waals surface area contributed by atoms with Gasteiger partial charge in [-0.1, -0.05) is 0 Å². The zero-order chi connectivity index (χ0) is 7.72. The summed E-state index contributed by atoms with van der Waals surface area (Å²) in [6.07, 6.45) is 0. The van der Waals surface area contributed by atoms with Crippen LogP contribution in [0.5, 0.6) is 0 Å². The first-order valence-electron chi connectivity index (χ1n) is 2.90. The highest BCUT2D eigenvalue weighted by Gasteiger charge is 1.99. The fourth-order valence-electron chi connectivity index (χ4n) is 0.662. The standard InChI is InChI=1S/C7H7I2N/c1-4-5(2)10-7(9)3-6(4)8/h3H,1-2H3. The highest BCUT2D eigenvalue weighted by atomic mass is 127. The normalized spacial score (nSPS) is 10.0. The molecule has 1 heterocycles. The van der Waals surface area contributed by atoms with Crippen LogP contribution >= 0.6 is 45.2 Å². The number of hydrogen-bond donors (Lipinski definition) is 0. The summed E-state index contributed by atoms with van der Waals surface area (Å²) in [5.41, 5.74) is 2.43. The Balaban J connectivity index is 3.31. The molecule has 0 spiro atoms. The van der Waals surface area contributed by atoms with Gasteiger partial charge in [-0.2, -0.15) is 0 Å². The van der Waals surface area contributed by atoms with Gasteiger partial charge in [-0.3, -0.25) is 0 Å². The van der Waals surface area contributed by atoms with E-state index in [4.69, 9.17) is 0 Å². The van der Waals surface area contributed by atoms with Crippen molar-refractivity contribution in [3.8, 4) is 0 Å². The topological polar surface area (TPSA) is 12.9 Å². The van der Waals surface area contributed by atoms with Crippen LogP contribution in [0.4, 0.5) is 0 Å². The van der Waals surface area contributed by atoms with Crippen LogP contribution in [0.25, 0.3) is 0 Å². The van der Waals surface area contributed by atoms with Crippen LogP contribution in [-0.2, 0) is 0 Å². The number of pyridine rings is 1. The Labute approximate surface area is 87.9 Å². The molecule has 0 aliphatic carbocycles. The van der Waals surface area contributed by atoms with E-state index in [9.17, 15) is 0 Å². The molecule has 0 fully saturated rings. The summed E-state index contributed by atoms with van der Waals surface area (Å²) in [5, 5.41) is 0. The Morgan fingerprint density at radius 1 is 1.30 bits per heavy atom. The monoisotopic (exact) mass is 359 g/mol. The van der Waals surface area contributed by atoms with Crippen molar-refractivity contribution in [2.75, 3.05) is 0 Å². The second kappa shape index (κ2) is 3.34. The minimum Gasteiger partial charge on any atom is -0.247 e. The van der Waals surface area contributed by atoms with E-state index in [0.717, 1.165) is 9.39 Å². The van der Waals surface area contributed by atoms with Crippen LogP contribution < -0.4 is 0 Å². The van der Waals surface area contributed by atoms with Crippen LogP contribution in [0.15, 0.2) is 6.07 Å². The van der Waals surface area contributed by atoms with Crippen molar-refractivity contribution in [3.05, 3.63) is 24.6 Å². The fourth-order valence-corrected chi connectivity index (χ4v) is 2.62. The van der Waals surface area contributed by atoms with E-state index in [1.165, 1.54) is 9.13 Å². The van der Waals surface area contributed by atoms with Gasteiger partial charge in [-0.15, -0.1) is 0 Å². The molecule has 0 aliphatic heterocycles. The molecule has 0 aromatic carbocycles. The third-order valence-corrected chi connectivity index (χ3v) is 3.09. The zero-order valence-corrected chi connectivity index (χ0v) is 10.1. The van der Waals surface area contributed by atoms with Gasteiger partial charge < -0.3 is 0 Å². The minimum absolute atomic E-state index is 1.07. The van der Waals surface area contributed by atoms with Gasteiger partial charge in [0, 0.05) is 9.26 Å². The first-order chi connectivity index (χ1) is 4.61. The van der Waals surface area contributed by atoms with Gasteiger partial charge in [-0.05, 0) is 70.7 Å². The summed E-state index contributed by atoms with van der Waals surface area (Å²) in [6, 6.07) is 2.09. The maximum absolute atomic E-state index is 4.32. The van der Waals surface area contributed by atoms with Crippen molar-refractivity contribution in [3.63, 3.8) is 0 Å². The molecule has 0 N–H and O–H groups in total. The summed E-state index contributed by atoms with van der Waals surface area (Å²) in [4.78, 5) is 4.32. The first kappa shape index (κ1) is 8.70. The molecule has 10 heavy (non-hydrogen) atoms. The highest BCUT2D eigenvalue weighted by molar-refractivity contribution is 14.1. The van der Waals surface area contributed by atoms with Crippen LogP contribution in [0, 0.1) is 21.1 Å². The van der Waals surface area contributed by atoms with Crippen molar-refractivity contribution in [1.82, 2.24) is 4.98 Å². The molecule has 0 amide bonds.